The number of carboxylic acids is 1. The summed E-state index contributed by atoms with van der Waals surface area (Å²) in [5.74, 6) is -2.81. The maximum absolute atomic E-state index is 11.4. The normalized spacial score (nSPS) is 11.4. The first-order valence-corrected chi connectivity index (χ1v) is 5.26. The van der Waals surface area contributed by atoms with Gasteiger partial charge in [-0.15, -0.1) is 0 Å². The summed E-state index contributed by atoms with van der Waals surface area (Å²) in [6.07, 6.45) is -0.222. The molecule has 102 valence electrons. The monoisotopic (exact) mass is 259 g/mol. The number of primary amides is 1. The van der Waals surface area contributed by atoms with Crippen molar-refractivity contribution in [3.05, 3.63) is 0 Å². The molecule has 0 heterocycles. The second-order valence-corrected chi connectivity index (χ2v) is 3.84. The number of nitrogens with two attached hydrogens (primary N) is 1. The number of amides is 3. The Morgan fingerprint density at radius 3 is 2.28 bits per heavy atom. The maximum atomic E-state index is 11.4. The fourth-order valence-electron chi connectivity index (χ4n) is 1.11. The van der Waals surface area contributed by atoms with Gasteiger partial charge in [-0.25, -0.2) is 4.79 Å². The van der Waals surface area contributed by atoms with Gasteiger partial charge in [0, 0.05) is 20.4 Å². The Morgan fingerprint density at radius 1 is 1.33 bits per heavy atom. The zero-order valence-corrected chi connectivity index (χ0v) is 10.3. The van der Waals surface area contributed by atoms with Crippen LogP contribution in [0.1, 0.15) is 19.8 Å². The zero-order chi connectivity index (χ0) is 14.3. The van der Waals surface area contributed by atoms with E-state index in [2.05, 4.69) is 5.32 Å². The molecule has 0 aliphatic rings. The lowest BCUT2D eigenvalue weighted by molar-refractivity contribution is -0.142. The summed E-state index contributed by atoms with van der Waals surface area (Å²) in [7, 11) is 1.42. The summed E-state index contributed by atoms with van der Waals surface area (Å²) < 4.78 is 0. The summed E-state index contributed by atoms with van der Waals surface area (Å²) in [5, 5.41) is 11.0. The molecule has 0 rings (SSSR count). The molecule has 0 aliphatic heterocycles. The first-order chi connectivity index (χ1) is 8.23. The number of carbonyl (C=O) groups excluding carboxylic acids is 3. The van der Waals surface area contributed by atoms with E-state index < -0.39 is 23.8 Å². The van der Waals surface area contributed by atoms with E-state index in [1.54, 1.807) is 0 Å². The van der Waals surface area contributed by atoms with E-state index in [1.807, 2.05) is 0 Å². The van der Waals surface area contributed by atoms with Crippen LogP contribution in [0, 0.1) is 0 Å². The summed E-state index contributed by atoms with van der Waals surface area (Å²) in [5.41, 5.74) is 4.89. The summed E-state index contributed by atoms with van der Waals surface area (Å²) in [6, 6.07) is -1.19. The number of carbonyl (C=O) groups is 4. The van der Waals surface area contributed by atoms with Crippen molar-refractivity contribution in [1.29, 1.82) is 0 Å². The Labute approximate surface area is 104 Å². The van der Waals surface area contributed by atoms with E-state index in [4.69, 9.17) is 10.8 Å². The molecule has 8 nitrogen and oxygen atoms in total. The Kier molecular flexibility index (Phi) is 6.40. The van der Waals surface area contributed by atoms with Gasteiger partial charge in [-0.05, 0) is 6.42 Å². The van der Waals surface area contributed by atoms with Gasteiger partial charge in [-0.3, -0.25) is 14.4 Å². The van der Waals surface area contributed by atoms with Crippen LogP contribution < -0.4 is 11.1 Å². The van der Waals surface area contributed by atoms with Crippen molar-refractivity contribution in [3.8, 4) is 0 Å². The average Bonchev–Trinajstić information content (AvgIpc) is 2.23. The maximum Gasteiger partial charge on any atom is 0.326 e. The van der Waals surface area contributed by atoms with Gasteiger partial charge in [0.1, 0.15) is 6.04 Å². The Balaban J connectivity index is 4.32. The van der Waals surface area contributed by atoms with Crippen LogP contribution >= 0.6 is 0 Å². The minimum absolute atomic E-state index is 0.0831. The number of hydrogen-bond acceptors (Lipinski definition) is 4. The molecule has 18 heavy (non-hydrogen) atoms. The molecule has 0 aromatic carbocycles. The average molecular weight is 259 g/mol. The number of carboxylic acid groups (broad SMARTS) is 1. The van der Waals surface area contributed by atoms with Crippen molar-refractivity contribution in [1.82, 2.24) is 10.2 Å². The van der Waals surface area contributed by atoms with Crippen LogP contribution in [0.25, 0.3) is 0 Å². The SMILES string of the molecule is CC(=O)N(C)CC(=O)NC(CCC(N)=O)C(=O)O. The van der Waals surface area contributed by atoms with Crippen LogP contribution in [0.2, 0.25) is 0 Å². The summed E-state index contributed by atoms with van der Waals surface area (Å²) in [4.78, 5) is 44.8. The van der Waals surface area contributed by atoms with E-state index in [0.717, 1.165) is 4.90 Å². The topological polar surface area (TPSA) is 130 Å². The lowest BCUT2D eigenvalue weighted by Gasteiger charge is -2.17. The lowest BCUT2D eigenvalue weighted by atomic mass is 10.1. The molecule has 0 aromatic rings. The van der Waals surface area contributed by atoms with Gasteiger partial charge in [0.25, 0.3) is 0 Å². The molecule has 1 atom stereocenters. The van der Waals surface area contributed by atoms with E-state index in [0.29, 0.717) is 0 Å². The number of hydrogen-bond donors (Lipinski definition) is 3. The Morgan fingerprint density at radius 2 is 1.89 bits per heavy atom. The van der Waals surface area contributed by atoms with Crippen molar-refractivity contribution in [3.63, 3.8) is 0 Å². The molecular formula is C10H17N3O5. The van der Waals surface area contributed by atoms with Crippen molar-refractivity contribution in [2.24, 2.45) is 5.73 Å². The molecule has 0 radical (unpaired) electrons. The van der Waals surface area contributed by atoms with Crippen LogP contribution in [0.15, 0.2) is 0 Å². The Bertz CT molecular complexity index is 355. The number of rotatable bonds is 7. The molecule has 0 saturated carbocycles. The van der Waals surface area contributed by atoms with Crippen LogP contribution in [-0.4, -0.2) is 53.3 Å². The second-order valence-electron chi connectivity index (χ2n) is 3.84. The molecule has 8 heteroatoms. The smallest absolute Gasteiger partial charge is 0.326 e. The van der Waals surface area contributed by atoms with Crippen LogP contribution in [0.4, 0.5) is 0 Å². The molecule has 0 aliphatic carbocycles. The molecular weight excluding hydrogens is 242 g/mol. The van der Waals surface area contributed by atoms with E-state index >= 15 is 0 Å². The number of nitrogens with one attached hydrogen (secondary N) is 1. The largest absolute Gasteiger partial charge is 0.480 e. The van der Waals surface area contributed by atoms with Gasteiger partial charge < -0.3 is 21.1 Å². The highest BCUT2D eigenvalue weighted by Crippen LogP contribution is 1.97. The van der Waals surface area contributed by atoms with Gasteiger partial charge in [-0.1, -0.05) is 0 Å². The molecule has 1 unspecified atom stereocenters. The third kappa shape index (κ3) is 6.46. The lowest BCUT2D eigenvalue weighted by Crippen LogP contribution is -2.46. The first kappa shape index (κ1) is 15.9. The molecule has 0 fully saturated rings. The third-order valence-corrected chi connectivity index (χ3v) is 2.23. The zero-order valence-electron chi connectivity index (χ0n) is 10.3. The summed E-state index contributed by atoms with van der Waals surface area (Å²) >= 11 is 0. The van der Waals surface area contributed by atoms with Crippen molar-refractivity contribution < 1.29 is 24.3 Å². The molecule has 0 saturated heterocycles. The van der Waals surface area contributed by atoms with Crippen LogP contribution in [0.5, 0.6) is 0 Å². The molecule has 0 aromatic heterocycles. The molecule has 0 bridgehead atoms. The van der Waals surface area contributed by atoms with Gasteiger partial charge >= 0.3 is 5.97 Å². The van der Waals surface area contributed by atoms with Crippen molar-refractivity contribution >= 4 is 23.7 Å². The van der Waals surface area contributed by atoms with Crippen molar-refractivity contribution in [2.75, 3.05) is 13.6 Å². The first-order valence-electron chi connectivity index (χ1n) is 5.26. The van der Waals surface area contributed by atoms with E-state index in [1.165, 1.54) is 14.0 Å². The molecule has 3 amide bonds. The molecule has 0 spiro atoms. The van der Waals surface area contributed by atoms with E-state index in [-0.39, 0.29) is 25.3 Å². The number of nitrogens with zero attached hydrogens (tertiary/aromatic N) is 1. The van der Waals surface area contributed by atoms with Gasteiger partial charge in [-0.2, -0.15) is 0 Å². The predicted molar refractivity (Wildman–Crippen MR) is 61.3 cm³/mol. The number of likely N-dealkylation sites (N-methyl/N-ethyl adjacent to an activating group) is 1. The molecule has 4 N–H and O–H groups in total. The second kappa shape index (κ2) is 7.25. The summed E-state index contributed by atoms with van der Waals surface area (Å²) in [6.45, 7) is 1.05. The number of aliphatic carboxylic acids is 1. The van der Waals surface area contributed by atoms with Crippen molar-refractivity contribution in [2.45, 2.75) is 25.8 Å². The highest BCUT2D eigenvalue weighted by Gasteiger charge is 2.21. The highest BCUT2D eigenvalue weighted by molar-refractivity contribution is 5.87. The van der Waals surface area contributed by atoms with Gasteiger partial charge in [0.2, 0.25) is 17.7 Å². The fraction of sp³-hybridized carbons (Fsp3) is 0.600. The van der Waals surface area contributed by atoms with Crippen LogP contribution in [0.3, 0.4) is 0 Å². The highest BCUT2D eigenvalue weighted by atomic mass is 16.4. The predicted octanol–water partition coefficient (Wildman–Crippen LogP) is -1.70. The fourth-order valence-corrected chi connectivity index (χ4v) is 1.11. The van der Waals surface area contributed by atoms with Gasteiger partial charge in [0.15, 0.2) is 0 Å². The van der Waals surface area contributed by atoms with E-state index in [9.17, 15) is 19.2 Å². The minimum atomic E-state index is -1.25. The quantitative estimate of drug-likeness (QED) is 0.501. The third-order valence-electron chi connectivity index (χ3n) is 2.23. The Hall–Kier alpha value is -2.12. The van der Waals surface area contributed by atoms with Gasteiger partial charge in [0.05, 0.1) is 6.54 Å². The minimum Gasteiger partial charge on any atom is -0.480 e. The van der Waals surface area contributed by atoms with Crippen LogP contribution in [-0.2, 0) is 19.2 Å². The standard InChI is InChI=1S/C10H17N3O5/c1-6(14)13(2)5-9(16)12-7(10(17)18)3-4-8(11)15/h7H,3-5H2,1-2H3,(H2,11,15)(H,12,16)(H,17,18).